The van der Waals surface area contributed by atoms with Crippen LogP contribution in [0.2, 0.25) is 0 Å². The summed E-state index contributed by atoms with van der Waals surface area (Å²) in [5, 5.41) is 0. The Balaban J connectivity index is 1.90. The van der Waals surface area contributed by atoms with E-state index in [1.54, 1.807) is 30.2 Å². The molecule has 0 spiro atoms. The molecule has 2 rings (SSSR count). The fourth-order valence-electron chi connectivity index (χ4n) is 2.17. The van der Waals surface area contributed by atoms with Gasteiger partial charge in [-0.1, -0.05) is 25.1 Å². The molecular formula is C14H18FNO2. The third-order valence-electron chi connectivity index (χ3n) is 3.45. The SMILES string of the molecule is COC1CN(C(=O)C[C@@H](C)c2ccccc2F)C1. The molecule has 1 aliphatic heterocycles. The molecule has 0 saturated carbocycles. The van der Waals surface area contributed by atoms with E-state index in [-0.39, 0.29) is 23.7 Å². The number of nitrogens with zero attached hydrogens (tertiary/aromatic N) is 1. The number of amides is 1. The molecule has 4 heteroatoms. The van der Waals surface area contributed by atoms with E-state index in [1.807, 2.05) is 6.92 Å². The Kier molecular flexibility index (Phi) is 3.97. The van der Waals surface area contributed by atoms with Crippen LogP contribution in [0.5, 0.6) is 0 Å². The number of methoxy groups -OCH3 is 1. The number of hydrogen-bond acceptors (Lipinski definition) is 2. The number of carbonyl (C=O) groups is 1. The number of halogens is 1. The van der Waals surface area contributed by atoms with Crippen molar-refractivity contribution in [1.29, 1.82) is 0 Å². The second-order valence-corrected chi connectivity index (χ2v) is 4.78. The van der Waals surface area contributed by atoms with Crippen molar-refractivity contribution in [3.63, 3.8) is 0 Å². The molecular weight excluding hydrogens is 233 g/mol. The topological polar surface area (TPSA) is 29.5 Å². The molecule has 0 bridgehead atoms. The van der Waals surface area contributed by atoms with Crippen molar-refractivity contribution in [2.24, 2.45) is 0 Å². The average molecular weight is 251 g/mol. The van der Waals surface area contributed by atoms with Crippen LogP contribution in [0, 0.1) is 5.82 Å². The Morgan fingerprint density at radius 1 is 1.50 bits per heavy atom. The van der Waals surface area contributed by atoms with Gasteiger partial charge in [-0.3, -0.25) is 4.79 Å². The summed E-state index contributed by atoms with van der Waals surface area (Å²) in [6, 6.07) is 6.62. The molecule has 1 fully saturated rings. The van der Waals surface area contributed by atoms with Crippen LogP contribution in [0.4, 0.5) is 4.39 Å². The Hall–Kier alpha value is -1.42. The van der Waals surface area contributed by atoms with Crippen molar-refractivity contribution in [3.8, 4) is 0 Å². The number of likely N-dealkylation sites (tertiary alicyclic amines) is 1. The van der Waals surface area contributed by atoms with Gasteiger partial charge in [0.2, 0.25) is 5.91 Å². The highest BCUT2D eigenvalue weighted by molar-refractivity contribution is 5.78. The molecule has 3 nitrogen and oxygen atoms in total. The van der Waals surface area contributed by atoms with Crippen LogP contribution >= 0.6 is 0 Å². The average Bonchev–Trinajstić information content (AvgIpc) is 2.28. The lowest BCUT2D eigenvalue weighted by Gasteiger charge is -2.38. The highest BCUT2D eigenvalue weighted by atomic mass is 19.1. The monoisotopic (exact) mass is 251 g/mol. The first-order valence-corrected chi connectivity index (χ1v) is 6.16. The van der Waals surface area contributed by atoms with E-state index >= 15 is 0 Å². The van der Waals surface area contributed by atoms with E-state index in [0.717, 1.165) is 0 Å². The summed E-state index contributed by atoms with van der Waals surface area (Å²) in [6.07, 6.45) is 0.509. The van der Waals surface area contributed by atoms with Crippen LogP contribution in [-0.4, -0.2) is 37.1 Å². The number of benzene rings is 1. The number of hydrogen-bond donors (Lipinski definition) is 0. The standard InChI is InChI=1S/C14H18FNO2/c1-10(12-5-3-4-6-13(12)15)7-14(17)16-8-11(9-16)18-2/h3-6,10-11H,7-9H2,1-2H3/t10-/m1/s1. The highest BCUT2D eigenvalue weighted by Crippen LogP contribution is 2.24. The molecule has 98 valence electrons. The Morgan fingerprint density at radius 2 is 2.17 bits per heavy atom. The molecule has 0 aromatic heterocycles. The third kappa shape index (κ3) is 2.70. The molecule has 0 aliphatic carbocycles. The van der Waals surface area contributed by atoms with Crippen molar-refractivity contribution >= 4 is 5.91 Å². The van der Waals surface area contributed by atoms with Crippen LogP contribution in [0.1, 0.15) is 24.8 Å². The fraction of sp³-hybridized carbons (Fsp3) is 0.500. The van der Waals surface area contributed by atoms with Crippen molar-refractivity contribution in [1.82, 2.24) is 4.90 Å². The Morgan fingerprint density at radius 3 is 2.78 bits per heavy atom. The first-order chi connectivity index (χ1) is 8.61. The zero-order valence-corrected chi connectivity index (χ0v) is 10.7. The molecule has 0 unspecified atom stereocenters. The smallest absolute Gasteiger partial charge is 0.223 e. The van der Waals surface area contributed by atoms with Gasteiger partial charge in [0.05, 0.1) is 6.10 Å². The van der Waals surface area contributed by atoms with Crippen LogP contribution < -0.4 is 0 Å². The quantitative estimate of drug-likeness (QED) is 0.821. The molecule has 18 heavy (non-hydrogen) atoms. The van der Waals surface area contributed by atoms with Gasteiger partial charge in [0.1, 0.15) is 5.82 Å². The Labute approximate surface area is 107 Å². The van der Waals surface area contributed by atoms with E-state index in [4.69, 9.17) is 4.74 Å². The first kappa shape index (κ1) is 13.0. The van der Waals surface area contributed by atoms with Crippen LogP contribution in [0.15, 0.2) is 24.3 Å². The fourth-order valence-corrected chi connectivity index (χ4v) is 2.17. The van der Waals surface area contributed by atoms with Gasteiger partial charge in [-0.05, 0) is 17.5 Å². The van der Waals surface area contributed by atoms with Gasteiger partial charge >= 0.3 is 0 Å². The van der Waals surface area contributed by atoms with E-state index < -0.39 is 0 Å². The molecule has 1 aliphatic rings. The van der Waals surface area contributed by atoms with Gasteiger partial charge < -0.3 is 9.64 Å². The summed E-state index contributed by atoms with van der Waals surface area (Å²) in [4.78, 5) is 13.7. The maximum absolute atomic E-state index is 13.6. The number of carbonyl (C=O) groups excluding carboxylic acids is 1. The minimum atomic E-state index is -0.240. The number of ether oxygens (including phenoxy) is 1. The van der Waals surface area contributed by atoms with E-state index in [2.05, 4.69) is 0 Å². The number of rotatable bonds is 4. The summed E-state index contributed by atoms with van der Waals surface area (Å²) in [7, 11) is 1.65. The van der Waals surface area contributed by atoms with E-state index in [9.17, 15) is 9.18 Å². The predicted octanol–water partition coefficient (Wildman–Crippen LogP) is 2.18. The van der Waals surface area contributed by atoms with Crippen molar-refractivity contribution in [2.75, 3.05) is 20.2 Å². The molecule has 1 aromatic rings. The molecule has 1 atom stereocenters. The molecule has 1 heterocycles. The highest BCUT2D eigenvalue weighted by Gasteiger charge is 2.31. The van der Waals surface area contributed by atoms with Crippen LogP contribution in [-0.2, 0) is 9.53 Å². The van der Waals surface area contributed by atoms with Gasteiger partial charge in [-0.2, -0.15) is 0 Å². The molecule has 1 saturated heterocycles. The van der Waals surface area contributed by atoms with Gasteiger partial charge in [0.15, 0.2) is 0 Å². The van der Waals surface area contributed by atoms with Crippen LogP contribution in [0.3, 0.4) is 0 Å². The second kappa shape index (κ2) is 5.48. The minimum Gasteiger partial charge on any atom is -0.378 e. The summed E-state index contributed by atoms with van der Waals surface area (Å²) >= 11 is 0. The lowest BCUT2D eigenvalue weighted by molar-refractivity contribution is -0.143. The van der Waals surface area contributed by atoms with E-state index in [0.29, 0.717) is 25.1 Å². The van der Waals surface area contributed by atoms with E-state index in [1.165, 1.54) is 6.07 Å². The lowest BCUT2D eigenvalue weighted by Crippen LogP contribution is -2.54. The van der Waals surface area contributed by atoms with Crippen molar-refractivity contribution < 1.29 is 13.9 Å². The minimum absolute atomic E-state index is 0.0686. The van der Waals surface area contributed by atoms with Gasteiger partial charge in [0, 0.05) is 26.6 Å². The Bertz CT molecular complexity index is 430. The normalized spacial score (nSPS) is 17.4. The maximum atomic E-state index is 13.6. The molecule has 1 aromatic carbocycles. The molecule has 0 radical (unpaired) electrons. The summed E-state index contributed by atoms with van der Waals surface area (Å²) in [5.74, 6) is -0.268. The zero-order valence-electron chi connectivity index (χ0n) is 10.7. The van der Waals surface area contributed by atoms with Crippen molar-refractivity contribution in [3.05, 3.63) is 35.6 Å². The van der Waals surface area contributed by atoms with Gasteiger partial charge in [0.25, 0.3) is 0 Å². The summed E-state index contributed by atoms with van der Waals surface area (Å²) in [5.41, 5.74) is 0.606. The summed E-state index contributed by atoms with van der Waals surface area (Å²) in [6.45, 7) is 3.18. The second-order valence-electron chi connectivity index (χ2n) is 4.78. The first-order valence-electron chi connectivity index (χ1n) is 6.16. The van der Waals surface area contributed by atoms with Crippen LogP contribution in [0.25, 0.3) is 0 Å². The zero-order chi connectivity index (χ0) is 13.1. The summed E-state index contributed by atoms with van der Waals surface area (Å²) < 4.78 is 18.7. The molecule has 0 N–H and O–H groups in total. The maximum Gasteiger partial charge on any atom is 0.223 e. The van der Waals surface area contributed by atoms with Gasteiger partial charge in [-0.15, -0.1) is 0 Å². The lowest BCUT2D eigenvalue weighted by atomic mass is 9.96. The molecule has 1 amide bonds. The predicted molar refractivity (Wildman–Crippen MR) is 66.8 cm³/mol. The van der Waals surface area contributed by atoms with Crippen molar-refractivity contribution in [2.45, 2.75) is 25.4 Å². The third-order valence-corrected chi connectivity index (χ3v) is 3.45. The van der Waals surface area contributed by atoms with Gasteiger partial charge in [-0.25, -0.2) is 4.39 Å². The largest absolute Gasteiger partial charge is 0.378 e.